The van der Waals surface area contributed by atoms with Crippen LogP contribution in [0, 0.1) is 0 Å². The van der Waals surface area contributed by atoms with Crippen molar-refractivity contribution in [1.82, 2.24) is 5.32 Å². The molecule has 0 aromatic carbocycles. The number of carbonyl (C=O) groups excluding carboxylic acids is 1. The Bertz CT molecular complexity index is 219. The summed E-state index contributed by atoms with van der Waals surface area (Å²) in [5, 5.41) is 12.9. The summed E-state index contributed by atoms with van der Waals surface area (Å²) < 4.78 is 5.14. The maximum Gasteiger partial charge on any atom is 0.309 e. The van der Waals surface area contributed by atoms with Crippen LogP contribution in [0.15, 0.2) is 0 Å². The minimum Gasteiger partial charge on any atom is -0.460 e. The predicted molar refractivity (Wildman–Crippen MR) is 60.1 cm³/mol. The Morgan fingerprint density at radius 3 is 2.53 bits per heavy atom. The van der Waals surface area contributed by atoms with Gasteiger partial charge in [-0.1, -0.05) is 0 Å². The van der Waals surface area contributed by atoms with E-state index in [1.807, 2.05) is 20.8 Å². The number of ether oxygens (including phenoxy) is 1. The molecule has 5 heteroatoms. The smallest absolute Gasteiger partial charge is 0.309 e. The first-order chi connectivity index (χ1) is 6.31. The van der Waals surface area contributed by atoms with Crippen LogP contribution in [0.25, 0.3) is 0 Å². The van der Waals surface area contributed by atoms with Crippen LogP contribution in [0.2, 0.25) is 0 Å². The van der Waals surface area contributed by atoms with Crippen molar-refractivity contribution in [3.63, 3.8) is 0 Å². The van der Waals surface area contributed by atoms with Gasteiger partial charge < -0.3 is 15.2 Å². The van der Waals surface area contributed by atoms with Crippen molar-refractivity contribution in [3.05, 3.63) is 0 Å². The average Bonchev–Trinajstić information content (AvgIpc) is 2.30. The Morgan fingerprint density at radius 2 is 2.13 bits per heavy atom. The molecule has 15 heavy (non-hydrogen) atoms. The molecule has 0 saturated carbocycles. The molecule has 1 rings (SSSR count). The fraction of sp³-hybridized carbons (Fsp3) is 0.900. The zero-order chi connectivity index (χ0) is 10.8. The molecule has 1 unspecified atom stereocenters. The van der Waals surface area contributed by atoms with E-state index in [2.05, 4.69) is 5.32 Å². The Hall–Kier alpha value is -0.320. The van der Waals surface area contributed by atoms with E-state index in [0.29, 0.717) is 13.0 Å². The summed E-state index contributed by atoms with van der Waals surface area (Å²) in [7, 11) is 0. The molecule has 0 amide bonds. The topological polar surface area (TPSA) is 58.6 Å². The van der Waals surface area contributed by atoms with E-state index in [1.165, 1.54) is 0 Å². The lowest BCUT2D eigenvalue weighted by atomic mass is 9.99. The van der Waals surface area contributed by atoms with Crippen molar-refractivity contribution in [2.45, 2.75) is 44.8 Å². The first-order valence-electron chi connectivity index (χ1n) is 4.96. The summed E-state index contributed by atoms with van der Waals surface area (Å²) in [4.78, 5) is 11.4. The molecule has 0 aromatic heterocycles. The molecule has 0 aromatic rings. The standard InChI is InChI=1S/C10H19NO3.ClH/c1-9(2,3)14-8(12)6-10(13)4-5-11-7-10;/h11,13H,4-7H2,1-3H3;1H. The molecule has 1 aliphatic heterocycles. The second-order valence-electron chi connectivity index (χ2n) is 4.91. The highest BCUT2D eigenvalue weighted by molar-refractivity contribution is 5.85. The summed E-state index contributed by atoms with van der Waals surface area (Å²) in [5.74, 6) is -0.330. The maximum absolute atomic E-state index is 11.4. The Kier molecular flexibility index (Phi) is 5.03. The highest BCUT2D eigenvalue weighted by atomic mass is 35.5. The third-order valence-electron chi connectivity index (χ3n) is 2.11. The third kappa shape index (κ3) is 5.35. The van der Waals surface area contributed by atoms with E-state index >= 15 is 0 Å². The number of hydrogen-bond acceptors (Lipinski definition) is 4. The highest BCUT2D eigenvalue weighted by Crippen LogP contribution is 2.20. The number of esters is 1. The van der Waals surface area contributed by atoms with Crippen molar-refractivity contribution in [2.24, 2.45) is 0 Å². The number of nitrogens with one attached hydrogen (secondary N) is 1. The van der Waals surface area contributed by atoms with Crippen molar-refractivity contribution < 1.29 is 14.6 Å². The van der Waals surface area contributed by atoms with Crippen LogP contribution < -0.4 is 5.32 Å². The lowest BCUT2D eigenvalue weighted by Gasteiger charge is -2.24. The SMILES string of the molecule is CC(C)(C)OC(=O)CC1(O)CCNC1.Cl. The number of halogens is 1. The molecule has 1 fully saturated rings. The van der Waals surface area contributed by atoms with Gasteiger partial charge in [0.05, 0.1) is 12.0 Å². The summed E-state index contributed by atoms with van der Waals surface area (Å²) in [6, 6.07) is 0. The monoisotopic (exact) mass is 237 g/mol. The van der Waals surface area contributed by atoms with Gasteiger partial charge in [0.25, 0.3) is 0 Å². The van der Waals surface area contributed by atoms with Crippen LogP contribution in [0.3, 0.4) is 0 Å². The van der Waals surface area contributed by atoms with Crippen molar-refractivity contribution in [2.75, 3.05) is 13.1 Å². The number of β-amino-alcohol motifs (C(OH)–C–C–N with tert-alkyl or cyclic N) is 1. The van der Waals surface area contributed by atoms with Crippen LogP contribution in [-0.2, 0) is 9.53 Å². The molecule has 0 bridgehead atoms. The summed E-state index contributed by atoms with van der Waals surface area (Å²) in [6.07, 6.45) is 0.698. The minimum atomic E-state index is -0.900. The first kappa shape index (κ1) is 14.7. The summed E-state index contributed by atoms with van der Waals surface area (Å²) in [5.41, 5.74) is -1.37. The Labute approximate surface area is 96.8 Å². The van der Waals surface area contributed by atoms with Crippen LogP contribution in [0.5, 0.6) is 0 Å². The van der Waals surface area contributed by atoms with Gasteiger partial charge in [-0.3, -0.25) is 4.79 Å². The van der Waals surface area contributed by atoms with E-state index in [1.54, 1.807) is 0 Å². The molecule has 0 aliphatic carbocycles. The molecular formula is C10H20ClNO3. The van der Waals surface area contributed by atoms with Crippen LogP contribution >= 0.6 is 12.4 Å². The van der Waals surface area contributed by atoms with E-state index in [9.17, 15) is 9.90 Å². The number of hydrogen-bond donors (Lipinski definition) is 2. The minimum absolute atomic E-state index is 0. The van der Waals surface area contributed by atoms with Crippen molar-refractivity contribution in [3.8, 4) is 0 Å². The largest absolute Gasteiger partial charge is 0.460 e. The van der Waals surface area contributed by atoms with E-state index in [-0.39, 0.29) is 24.8 Å². The first-order valence-corrected chi connectivity index (χ1v) is 4.96. The Morgan fingerprint density at radius 1 is 1.53 bits per heavy atom. The molecule has 1 atom stereocenters. The van der Waals surface area contributed by atoms with E-state index in [0.717, 1.165) is 6.54 Å². The number of carbonyl (C=O) groups is 1. The molecular weight excluding hydrogens is 218 g/mol. The third-order valence-corrected chi connectivity index (χ3v) is 2.11. The molecule has 1 saturated heterocycles. The van der Waals surface area contributed by atoms with Gasteiger partial charge >= 0.3 is 5.97 Å². The molecule has 1 heterocycles. The zero-order valence-electron chi connectivity index (χ0n) is 9.50. The predicted octanol–water partition coefficient (Wildman–Crippen LogP) is 0.864. The van der Waals surface area contributed by atoms with Gasteiger partial charge in [0, 0.05) is 6.54 Å². The summed E-state index contributed by atoms with van der Waals surface area (Å²) >= 11 is 0. The van der Waals surface area contributed by atoms with Crippen molar-refractivity contribution >= 4 is 18.4 Å². The molecule has 0 spiro atoms. The van der Waals surface area contributed by atoms with Gasteiger partial charge in [0.2, 0.25) is 0 Å². The quantitative estimate of drug-likeness (QED) is 0.700. The molecule has 90 valence electrons. The van der Waals surface area contributed by atoms with Gasteiger partial charge in [-0.25, -0.2) is 0 Å². The van der Waals surface area contributed by atoms with Crippen LogP contribution in [-0.4, -0.2) is 35.4 Å². The lowest BCUT2D eigenvalue weighted by molar-refractivity contribution is -0.159. The second-order valence-corrected chi connectivity index (χ2v) is 4.91. The zero-order valence-corrected chi connectivity index (χ0v) is 10.3. The van der Waals surface area contributed by atoms with Gasteiger partial charge in [0.1, 0.15) is 5.60 Å². The normalized spacial score (nSPS) is 25.9. The highest BCUT2D eigenvalue weighted by Gasteiger charge is 2.35. The van der Waals surface area contributed by atoms with Crippen molar-refractivity contribution in [1.29, 1.82) is 0 Å². The fourth-order valence-corrected chi connectivity index (χ4v) is 1.53. The fourth-order valence-electron chi connectivity index (χ4n) is 1.53. The number of rotatable bonds is 2. The van der Waals surface area contributed by atoms with Gasteiger partial charge in [-0.15, -0.1) is 12.4 Å². The molecule has 4 nitrogen and oxygen atoms in total. The van der Waals surface area contributed by atoms with Crippen LogP contribution in [0.4, 0.5) is 0 Å². The molecule has 0 radical (unpaired) electrons. The summed E-state index contributed by atoms with van der Waals surface area (Å²) in [6.45, 7) is 6.71. The molecule has 2 N–H and O–H groups in total. The average molecular weight is 238 g/mol. The Balaban J connectivity index is 0.00000196. The van der Waals surface area contributed by atoms with Gasteiger partial charge in [-0.2, -0.15) is 0 Å². The lowest BCUT2D eigenvalue weighted by Crippen LogP contribution is -2.36. The van der Waals surface area contributed by atoms with Crippen LogP contribution in [0.1, 0.15) is 33.6 Å². The van der Waals surface area contributed by atoms with Gasteiger partial charge in [0.15, 0.2) is 0 Å². The molecule has 1 aliphatic rings. The second kappa shape index (κ2) is 5.14. The maximum atomic E-state index is 11.4. The number of aliphatic hydroxyl groups is 1. The van der Waals surface area contributed by atoms with E-state index < -0.39 is 11.2 Å². The van der Waals surface area contributed by atoms with E-state index in [4.69, 9.17) is 4.74 Å². The van der Waals surface area contributed by atoms with Gasteiger partial charge in [-0.05, 0) is 33.7 Å².